The monoisotopic (exact) mass is 322 g/mol. The number of rotatable bonds is 1. The third kappa shape index (κ3) is 2.09. The van der Waals surface area contributed by atoms with Crippen molar-refractivity contribution < 1.29 is 9.52 Å². The molecule has 0 saturated carbocycles. The van der Waals surface area contributed by atoms with Crippen molar-refractivity contribution in [2.75, 3.05) is 0 Å². The van der Waals surface area contributed by atoms with Gasteiger partial charge >= 0.3 is 0 Å². The van der Waals surface area contributed by atoms with Gasteiger partial charge in [0, 0.05) is 16.0 Å². The Morgan fingerprint density at radius 3 is 2.26 bits per heavy atom. The fourth-order valence-electron chi connectivity index (χ4n) is 2.78. The summed E-state index contributed by atoms with van der Waals surface area (Å²) in [5, 5.41) is 12.9. The molecule has 3 aromatic carbocycles. The largest absolute Gasteiger partial charge is 0.502 e. The molecule has 0 bridgehead atoms. The highest BCUT2D eigenvalue weighted by Gasteiger charge is 2.17. The van der Waals surface area contributed by atoms with Crippen LogP contribution in [-0.4, -0.2) is 5.11 Å². The fourth-order valence-corrected chi connectivity index (χ4v) is 3.00. The first-order chi connectivity index (χ1) is 11.2. The minimum atomic E-state index is -0.444. The zero-order chi connectivity index (χ0) is 16.0. The lowest BCUT2D eigenvalue weighted by Gasteiger charge is -2.10. The number of hydrogen-bond acceptors (Lipinski definition) is 3. The summed E-state index contributed by atoms with van der Waals surface area (Å²) in [5.41, 5.74) is 0.621. The van der Waals surface area contributed by atoms with Gasteiger partial charge in [0.05, 0.1) is 5.39 Å². The van der Waals surface area contributed by atoms with Gasteiger partial charge < -0.3 is 9.52 Å². The maximum atomic E-state index is 12.4. The molecule has 1 aromatic heterocycles. The fraction of sp³-hybridized carbons (Fsp3) is 0. The summed E-state index contributed by atoms with van der Waals surface area (Å²) >= 11 is 6.23. The van der Waals surface area contributed by atoms with E-state index in [1.807, 2.05) is 24.3 Å². The molecule has 0 saturated heterocycles. The first-order valence-electron chi connectivity index (χ1n) is 7.09. The molecule has 4 rings (SSSR count). The quantitative estimate of drug-likeness (QED) is 0.538. The van der Waals surface area contributed by atoms with Gasteiger partial charge in [-0.2, -0.15) is 0 Å². The van der Waals surface area contributed by atoms with E-state index in [0.717, 1.165) is 10.8 Å². The SMILES string of the molecule is O=c1c(O)c(-c2ccc(Cl)c3ccccc23)oc2ccccc12. The van der Waals surface area contributed by atoms with Gasteiger partial charge in [0.15, 0.2) is 5.76 Å². The Bertz CT molecular complexity index is 1110. The van der Waals surface area contributed by atoms with Gasteiger partial charge in [0.2, 0.25) is 11.2 Å². The molecule has 1 heterocycles. The number of aromatic hydroxyl groups is 1. The maximum absolute atomic E-state index is 12.4. The molecule has 3 nitrogen and oxygen atoms in total. The molecule has 112 valence electrons. The molecule has 0 aliphatic heterocycles. The van der Waals surface area contributed by atoms with E-state index in [1.54, 1.807) is 36.4 Å². The third-order valence-corrected chi connectivity index (χ3v) is 4.22. The molecule has 0 aliphatic carbocycles. The van der Waals surface area contributed by atoms with Crippen LogP contribution in [0.3, 0.4) is 0 Å². The Labute approximate surface area is 136 Å². The molecule has 0 aliphatic rings. The molecule has 0 radical (unpaired) electrons. The number of halogens is 1. The average Bonchev–Trinajstić information content (AvgIpc) is 2.59. The van der Waals surface area contributed by atoms with Crippen molar-refractivity contribution in [1.82, 2.24) is 0 Å². The topological polar surface area (TPSA) is 50.4 Å². The first-order valence-corrected chi connectivity index (χ1v) is 7.47. The minimum absolute atomic E-state index is 0.154. The van der Waals surface area contributed by atoms with Crippen molar-refractivity contribution in [2.45, 2.75) is 0 Å². The van der Waals surface area contributed by atoms with Crippen LogP contribution in [0, 0.1) is 0 Å². The van der Waals surface area contributed by atoms with Gasteiger partial charge in [-0.05, 0) is 29.7 Å². The normalized spacial score (nSPS) is 11.2. The van der Waals surface area contributed by atoms with Crippen molar-refractivity contribution in [3.05, 3.63) is 75.9 Å². The van der Waals surface area contributed by atoms with Crippen LogP contribution in [0.25, 0.3) is 33.1 Å². The van der Waals surface area contributed by atoms with Crippen LogP contribution in [0.5, 0.6) is 5.75 Å². The second kappa shape index (κ2) is 5.14. The summed E-state index contributed by atoms with van der Waals surface area (Å²) in [6, 6.07) is 17.9. The summed E-state index contributed by atoms with van der Waals surface area (Å²) in [4.78, 5) is 12.4. The highest BCUT2D eigenvalue weighted by atomic mass is 35.5. The van der Waals surface area contributed by atoms with Crippen molar-refractivity contribution in [2.24, 2.45) is 0 Å². The predicted molar refractivity (Wildman–Crippen MR) is 92.1 cm³/mol. The first kappa shape index (κ1) is 13.9. The Morgan fingerprint density at radius 2 is 1.48 bits per heavy atom. The lowest BCUT2D eigenvalue weighted by Crippen LogP contribution is -2.02. The highest BCUT2D eigenvalue weighted by Crippen LogP contribution is 2.37. The van der Waals surface area contributed by atoms with Gasteiger partial charge in [0.25, 0.3) is 0 Å². The number of hydrogen-bond donors (Lipinski definition) is 1. The average molecular weight is 323 g/mol. The van der Waals surface area contributed by atoms with Crippen LogP contribution in [0.2, 0.25) is 5.02 Å². The molecule has 0 spiro atoms. The summed E-state index contributed by atoms with van der Waals surface area (Å²) in [6.07, 6.45) is 0. The van der Waals surface area contributed by atoms with Crippen LogP contribution in [-0.2, 0) is 0 Å². The van der Waals surface area contributed by atoms with Crippen LogP contribution < -0.4 is 5.43 Å². The zero-order valence-electron chi connectivity index (χ0n) is 11.9. The summed E-state index contributed by atoms with van der Waals surface area (Å²) in [7, 11) is 0. The van der Waals surface area contributed by atoms with Gasteiger partial charge in [0.1, 0.15) is 5.58 Å². The van der Waals surface area contributed by atoms with E-state index >= 15 is 0 Å². The summed E-state index contributed by atoms with van der Waals surface area (Å²) in [6.45, 7) is 0. The van der Waals surface area contributed by atoms with Crippen molar-refractivity contribution >= 4 is 33.3 Å². The van der Waals surface area contributed by atoms with E-state index in [1.165, 1.54) is 0 Å². The molecule has 0 fully saturated rings. The van der Waals surface area contributed by atoms with Gasteiger partial charge in [-0.25, -0.2) is 0 Å². The lowest BCUT2D eigenvalue weighted by atomic mass is 10.0. The Morgan fingerprint density at radius 1 is 0.826 bits per heavy atom. The van der Waals surface area contributed by atoms with Gasteiger partial charge in [-0.15, -0.1) is 0 Å². The van der Waals surface area contributed by atoms with E-state index < -0.39 is 11.2 Å². The molecular formula is C19H11ClO3. The number of para-hydroxylation sites is 1. The third-order valence-electron chi connectivity index (χ3n) is 3.89. The van der Waals surface area contributed by atoms with Gasteiger partial charge in [-0.1, -0.05) is 48.0 Å². The molecular weight excluding hydrogens is 312 g/mol. The smallest absolute Gasteiger partial charge is 0.235 e. The molecule has 23 heavy (non-hydrogen) atoms. The Kier molecular flexibility index (Phi) is 3.10. The van der Waals surface area contributed by atoms with E-state index in [-0.39, 0.29) is 5.76 Å². The highest BCUT2D eigenvalue weighted by molar-refractivity contribution is 6.36. The van der Waals surface area contributed by atoms with E-state index in [4.69, 9.17) is 16.0 Å². The molecule has 0 unspecified atom stereocenters. The van der Waals surface area contributed by atoms with Crippen LogP contribution in [0.1, 0.15) is 0 Å². The van der Waals surface area contributed by atoms with Crippen LogP contribution >= 0.6 is 11.6 Å². The molecule has 4 aromatic rings. The molecule has 0 atom stereocenters. The summed E-state index contributed by atoms with van der Waals surface area (Å²) in [5.74, 6) is -0.238. The van der Waals surface area contributed by atoms with Crippen molar-refractivity contribution in [1.29, 1.82) is 0 Å². The maximum Gasteiger partial charge on any atom is 0.235 e. The van der Waals surface area contributed by atoms with Gasteiger partial charge in [-0.3, -0.25) is 4.79 Å². The Balaban J connectivity index is 2.14. The summed E-state index contributed by atoms with van der Waals surface area (Å²) < 4.78 is 5.81. The lowest BCUT2D eigenvalue weighted by molar-refractivity contribution is 0.449. The van der Waals surface area contributed by atoms with E-state index in [2.05, 4.69) is 0 Å². The van der Waals surface area contributed by atoms with Crippen molar-refractivity contribution in [3.63, 3.8) is 0 Å². The molecule has 0 amide bonds. The minimum Gasteiger partial charge on any atom is -0.502 e. The predicted octanol–water partition coefficient (Wildman–Crippen LogP) is 4.97. The van der Waals surface area contributed by atoms with Crippen LogP contribution in [0.15, 0.2) is 69.9 Å². The second-order valence-electron chi connectivity index (χ2n) is 5.25. The number of benzene rings is 3. The van der Waals surface area contributed by atoms with Crippen molar-refractivity contribution in [3.8, 4) is 17.1 Å². The zero-order valence-corrected chi connectivity index (χ0v) is 12.7. The second-order valence-corrected chi connectivity index (χ2v) is 5.65. The molecule has 1 N–H and O–H groups in total. The van der Waals surface area contributed by atoms with Crippen LogP contribution in [0.4, 0.5) is 0 Å². The standard InChI is InChI=1S/C19H11ClO3/c20-15-10-9-13(11-5-1-2-6-12(11)15)19-18(22)17(21)14-7-3-4-8-16(14)23-19/h1-10,22H. The molecule has 4 heteroatoms. The van der Waals surface area contributed by atoms with E-state index in [9.17, 15) is 9.90 Å². The Hall–Kier alpha value is -2.78. The number of fused-ring (bicyclic) bond motifs is 2. The van der Waals surface area contributed by atoms with E-state index in [0.29, 0.717) is 21.6 Å².